The number of hydrogen-bond donors (Lipinski definition) is 3. The lowest BCUT2D eigenvalue weighted by molar-refractivity contribution is 0.0698. The summed E-state index contributed by atoms with van der Waals surface area (Å²) in [5, 5.41) is 19.1. The van der Waals surface area contributed by atoms with Gasteiger partial charge in [-0.25, -0.2) is 4.79 Å². The molecular weight excluding hydrogens is 230 g/mol. The van der Waals surface area contributed by atoms with Gasteiger partial charge in [0.2, 0.25) is 0 Å². The number of rotatable bonds is 3. The number of carboxylic acid groups (broad SMARTS) is 1. The second-order valence-electron chi connectivity index (χ2n) is 3.34. The van der Waals surface area contributed by atoms with E-state index in [2.05, 4.69) is 5.32 Å². The van der Waals surface area contributed by atoms with Crippen LogP contribution in [0.1, 0.15) is 10.4 Å². The molecule has 3 N–H and O–H groups in total. The number of aliphatic hydroxyl groups excluding tert-OH is 1. The van der Waals surface area contributed by atoms with Crippen molar-refractivity contribution < 1.29 is 15.0 Å². The van der Waals surface area contributed by atoms with Gasteiger partial charge in [-0.1, -0.05) is 30.3 Å². The summed E-state index contributed by atoms with van der Waals surface area (Å²) in [7, 11) is 1.00. The van der Waals surface area contributed by atoms with Gasteiger partial charge in [-0.2, -0.15) is 0 Å². The smallest absolute Gasteiger partial charge is 0.337 e. The van der Waals surface area contributed by atoms with E-state index >= 15 is 0 Å². The van der Waals surface area contributed by atoms with Gasteiger partial charge in [0.25, 0.3) is 0 Å². The highest BCUT2D eigenvalue weighted by atomic mass is 16.4. The number of aliphatic hydroxyl groups is 1. The largest absolute Gasteiger partial charge is 0.478 e. The lowest BCUT2D eigenvalue weighted by atomic mass is 10.1. The van der Waals surface area contributed by atoms with Gasteiger partial charge >= 0.3 is 5.97 Å². The lowest BCUT2D eigenvalue weighted by Crippen LogP contribution is -2.01. The van der Waals surface area contributed by atoms with Crippen molar-refractivity contribution in [1.82, 2.24) is 0 Å². The van der Waals surface area contributed by atoms with Crippen LogP contribution in [0.4, 0.5) is 11.4 Å². The molecule has 0 radical (unpaired) electrons. The van der Waals surface area contributed by atoms with Gasteiger partial charge in [0, 0.05) is 12.8 Å². The molecule has 4 nitrogen and oxygen atoms in total. The average Bonchev–Trinajstić information content (AvgIpc) is 2.42. The maximum atomic E-state index is 11.0. The summed E-state index contributed by atoms with van der Waals surface area (Å²) in [6.45, 7) is 0. The molecule has 0 saturated heterocycles. The number of para-hydroxylation sites is 2. The highest BCUT2D eigenvalue weighted by Crippen LogP contribution is 2.20. The van der Waals surface area contributed by atoms with E-state index in [4.69, 9.17) is 10.2 Å². The summed E-state index contributed by atoms with van der Waals surface area (Å²) in [6, 6.07) is 16.3. The zero-order chi connectivity index (χ0) is 13.4. The summed E-state index contributed by atoms with van der Waals surface area (Å²) in [5.74, 6) is -0.931. The van der Waals surface area contributed by atoms with Crippen LogP contribution in [0.25, 0.3) is 0 Å². The van der Waals surface area contributed by atoms with Gasteiger partial charge in [0.1, 0.15) is 0 Å². The number of carboxylic acids is 1. The van der Waals surface area contributed by atoms with Gasteiger partial charge < -0.3 is 15.5 Å². The number of benzene rings is 2. The number of hydrogen-bond acceptors (Lipinski definition) is 3. The summed E-state index contributed by atoms with van der Waals surface area (Å²) >= 11 is 0. The monoisotopic (exact) mass is 245 g/mol. The standard InChI is InChI=1S/C13H11NO2.CH4O/c15-13(16)11-8-4-5-9-12(11)14-10-6-2-1-3-7-10;1-2/h1-9,14H,(H,15,16);2H,1H3. The van der Waals surface area contributed by atoms with E-state index in [0.29, 0.717) is 5.69 Å². The molecule has 0 fully saturated rings. The fraction of sp³-hybridized carbons (Fsp3) is 0.0714. The predicted molar refractivity (Wildman–Crippen MR) is 71.3 cm³/mol. The highest BCUT2D eigenvalue weighted by molar-refractivity contribution is 5.95. The first kappa shape index (κ1) is 13.7. The normalized spacial score (nSPS) is 9.00. The molecule has 0 aliphatic heterocycles. The molecule has 18 heavy (non-hydrogen) atoms. The molecular formula is C14H15NO3. The second kappa shape index (κ2) is 7.09. The molecule has 2 aromatic carbocycles. The van der Waals surface area contributed by atoms with Crippen LogP contribution in [0.15, 0.2) is 54.6 Å². The SMILES string of the molecule is CO.O=C(O)c1ccccc1Nc1ccccc1. The van der Waals surface area contributed by atoms with E-state index in [9.17, 15) is 4.79 Å². The molecule has 0 unspecified atom stereocenters. The van der Waals surface area contributed by atoms with Crippen molar-refractivity contribution in [2.24, 2.45) is 0 Å². The maximum Gasteiger partial charge on any atom is 0.337 e. The number of anilines is 2. The topological polar surface area (TPSA) is 69.6 Å². The van der Waals surface area contributed by atoms with Crippen molar-refractivity contribution in [3.05, 3.63) is 60.2 Å². The van der Waals surface area contributed by atoms with Crippen molar-refractivity contribution in [2.45, 2.75) is 0 Å². The lowest BCUT2D eigenvalue weighted by Gasteiger charge is -2.08. The molecule has 0 aromatic heterocycles. The fourth-order valence-electron chi connectivity index (χ4n) is 1.46. The van der Waals surface area contributed by atoms with Crippen molar-refractivity contribution in [1.29, 1.82) is 0 Å². The first-order valence-corrected chi connectivity index (χ1v) is 5.36. The van der Waals surface area contributed by atoms with Crippen molar-refractivity contribution in [3.8, 4) is 0 Å². The van der Waals surface area contributed by atoms with Crippen molar-refractivity contribution >= 4 is 17.3 Å². The van der Waals surface area contributed by atoms with E-state index in [1.165, 1.54) is 0 Å². The zero-order valence-electron chi connectivity index (χ0n) is 10.00. The van der Waals surface area contributed by atoms with E-state index in [1.807, 2.05) is 30.3 Å². The molecule has 4 heteroatoms. The summed E-state index contributed by atoms with van der Waals surface area (Å²) in [4.78, 5) is 11.0. The Hall–Kier alpha value is -2.33. The van der Waals surface area contributed by atoms with Crippen LogP contribution >= 0.6 is 0 Å². The van der Waals surface area contributed by atoms with Crippen molar-refractivity contribution in [2.75, 3.05) is 12.4 Å². The Bertz CT molecular complexity index is 497. The Morgan fingerprint density at radius 2 is 1.50 bits per heavy atom. The minimum Gasteiger partial charge on any atom is -0.478 e. The Labute approximate surface area is 106 Å². The van der Waals surface area contributed by atoms with E-state index in [0.717, 1.165) is 12.8 Å². The molecule has 0 aliphatic rings. The molecule has 0 spiro atoms. The van der Waals surface area contributed by atoms with Gasteiger partial charge in [-0.05, 0) is 24.3 Å². The quantitative estimate of drug-likeness (QED) is 0.777. The minimum atomic E-state index is -0.931. The Balaban J connectivity index is 0.000000771. The van der Waals surface area contributed by atoms with Crippen LogP contribution in [0.2, 0.25) is 0 Å². The summed E-state index contributed by atoms with van der Waals surface area (Å²) in [5.41, 5.74) is 1.74. The third-order valence-electron chi connectivity index (χ3n) is 2.21. The summed E-state index contributed by atoms with van der Waals surface area (Å²) in [6.07, 6.45) is 0. The first-order valence-electron chi connectivity index (χ1n) is 5.36. The van der Waals surface area contributed by atoms with Gasteiger partial charge in [0.15, 0.2) is 0 Å². The number of nitrogens with one attached hydrogen (secondary N) is 1. The summed E-state index contributed by atoms with van der Waals surface area (Å²) < 4.78 is 0. The van der Waals surface area contributed by atoms with Crippen LogP contribution in [0.5, 0.6) is 0 Å². The predicted octanol–water partition coefficient (Wildman–Crippen LogP) is 2.74. The zero-order valence-corrected chi connectivity index (χ0v) is 10.00. The molecule has 0 atom stereocenters. The molecule has 0 aliphatic carbocycles. The first-order chi connectivity index (χ1) is 8.77. The average molecular weight is 245 g/mol. The molecule has 0 amide bonds. The molecule has 0 saturated carbocycles. The Kier molecular flexibility index (Phi) is 5.41. The molecule has 2 rings (SSSR count). The second-order valence-corrected chi connectivity index (χ2v) is 3.34. The van der Waals surface area contributed by atoms with Gasteiger partial charge in [-0.3, -0.25) is 0 Å². The van der Waals surface area contributed by atoms with E-state index in [-0.39, 0.29) is 5.56 Å². The molecule has 0 bridgehead atoms. The Morgan fingerprint density at radius 1 is 0.944 bits per heavy atom. The molecule has 0 heterocycles. The van der Waals surface area contributed by atoms with Crippen LogP contribution in [0, 0.1) is 0 Å². The minimum absolute atomic E-state index is 0.270. The van der Waals surface area contributed by atoms with Crippen molar-refractivity contribution in [3.63, 3.8) is 0 Å². The van der Waals surface area contributed by atoms with E-state index in [1.54, 1.807) is 24.3 Å². The van der Waals surface area contributed by atoms with Gasteiger partial charge in [0.05, 0.1) is 11.3 Å². The van der Waals surface area contributed by atoms with Crippen LogP contribution in [0.3, 0.4) is 0 Å². The fourth-order valence-corrected chi connectivity index (χ4v) is 1.46. The van der Waals surface area contributed by atoms with E-state index < -0.39 is 5.97 Å². The van der Waals surface area contributed by atoms with Crippen LogP contribution in [-0.2, 0) is 0 Å². The third-order valence-corrected chi connectivity index (χ3v) is 2.21. The van der Waals surface area contributed by atoms with Crippen LogP contribution in [-0.4, -0.2) is 23.3 Å². The molecule has 2 aromatic rings. The number of aromatic carboxylic acids is 1. The molecule has 94 valence electrons. The van der Waals surface area contributed by atoms with Crippen LogP contribution < -0.4 is 5.32 Å². The third kappa shape index (κ3) is 3.61. The highest BCUT2D eigenvalue weighted by Gasteiger charge is 2.08. The Morgan fingerprint density at radius 3 is 2.11 bits per heavy atom. The number of carbonyl (C=O) groups is 1. The van der Waals surface area contributed by atoms with Gasteiger partial charge in [-0.15, -0.1) is 0 Å². The maximum absolute atomic E-state index is 11.0.